The molecule has 114 valence electrons. The zero-order valence-corrected chi connectivity index (χ0v) is 13.2. The molecule has 1 amide bonds. The van der Waals surface area contributed by atoms with Crippen molar-refractivity contribution in [3.05, 3.63) is 29.3 Å². The van der Waals surface area contributed by atoms with Crippen molar-refractivity contribution in [2.45, 2.75) is 58.6 Å². The van der Waals surface area contributed by atoms with Gasteiger partial charge >= 0.3 is 0 Å². The van der Waals surface area contributed by atoms with Gasteiger partial charge in [0.1, 0.15) is 5.75 Å². The molecule has 1 aromatic carbocycles. The minimum Gasteiger partial charge on any atom is -0.481 e. The summed E-state index contributed by atoms with van der Waals surface area (Å²) >= 11 is 0. The quantitative estimate of drug-likeness (QED) is 0.922. The minimum absolute atomic E-state index is 0.0217. The summed E-state index contributed by atoms with van der Waals surface area (Å²) in [4.78, 5) is 12.3. The van der Waals surface area contributed by atoms with Gasteiger partial charge in [-0.1, -0.05) is 18.6 Å². The van der Waals surface area contributed by atoms with Gasteiger partial charge in [-0.15, -0.1) is 0 Å². The van der Waals surface area contributed by atoms with Crippen LogP contribution in [0.1, 0.15) is 43.7 Å². The van der Waals surface area contributed by atoms with Crippen molar-refractivity contribution in [1.29, 1.82) is 0 Å². The molecule has 3 heteroatoms. The molecule has 0 unspecified atom stereocenters. The van der Waals surface area contributed by atoms with E-state index < -0.39 is 6.10 Å². The highest BCUT2D eigenvalue weighted by atomic mass is 16.5. The topological polar surface area (TPSA) is 38.3 Å². The number of nitrogens with one attached hydrogen (secondary N) is 1. The molecule has 4 atom stereocenters. The van der Waals surface area contributed by atoms with Gasteiger partial charge in [0.05, 0.1) is 0 Å². The first-order valence-corrected chi connectivity index (χ1v) is 8.07. The molecule has 0 aliphatic heterocycles. The third-order valence-electron chi connectivity index (χ3n) is 5.08. The predicted octanol–water partition coefficient (Wildman–Crippen LogP) is 3.38. The van der Waals surface area contributed by atoms with E-state index in [1.54, 1.807) is 0 Å². The fraction of sp³-hybridized carbons (Fsp3) is 0.611. The van der Waals surface area contributed by atoms with Crippen LogP contribution in [0.4, 0.5) is 0 Å². The summed E-state index contributed by atoms with van der Waals surface area (Å²) < 4.78 is 5.87. The number of rotatable bonds is 4. The summed E-state index contributed by atoms with van der Waals surface area (Å²) in [7, 11) is 0. The second kappa shape index (κ2) is 5.70. The molecule has 2 aliphatic rings. The van der Waals surface area contributed by atoms with E-state index in [1.165, 1.54) is 19.3 Å². The number of hydrogen-bond donors (Lipinski definition) is 1. The van der Waals surface area contributed by atoms with Gasteiger partial charge in [-0.3, -0.25) is 4.79 Å². The Kier molecular flexibility index (Phi) is 3.92. The van der Waals surface area contributed by atoms with E-state index in [0.29, 0.717) is 12.0 Å². The van der Waals surface area contributed by atoms with Crippen LogP contribution < -0.4 is 10.1 Å². The lowest BCUT2D eigenvalue weighted by Gasteiger charge is -2.25. The Hall–Kier alpha value is -1.51. The fourth-order valence-electron chi connectivity index (χ4n) is 3.80. The number of hydrogen-bond acceptors (Lipinski definition) is 2. The van der Waals surface area contributed by atoms with Crippen molar-refractivity contribution in [3.63, 3.8) is 0 Å². The molecule has 0 heterocycles. The Morgan fingerprint density at radius 3 is 2.76 bits per heavy atom. The van der Waals surface area contributed by atoms with E-state index >= 15 is 0 Å². The molecule has 0 radical (unpaired) electrons. The highest BCUT2D eigenvalue weighted by molar-refractivity contribution is 5.81. The smallest absolute Gasteiger partial charge is 0.261 e. The van der Waals surface area contributed by atoms with Crippen molar-refractivity contribution < 1.29 is 9.53 Å². The van der Waals surface area contributed by atoms with E-state index in [9.17, 15) is 4.79 Å². The van der Waals surface area contributed by atoms with E-state index in [2.05, 4.69) is 11.4 Å². The number of fused-ring (bicyclic) bond motifs is 2. The van der Waals surface area contributed by atoms with Crippen LogP contribution in [-0.4, -0.2) is 18.1 Å². The number of benzene rings is 1. The Morgan fingerprint density at radius 2 is 2.10 bits per heavy atom. The molecule has 2 fully saturated rings. The standard InChI is InChI=1S/C18H25NO2/c1-11-4-5-12(2)17(8-11)21-13(3)18(20)19-16-10-14-6-7-15(16)9-14/h4-5,8,13-16H,6-7,9-10H2,1-3H3,(H,19,20)/t13-,14+,15+,16-/m0/s1. The highest BCUT2D eigenvalue weighted by Crippen LogP contribution is 2.44. The number of amides is 1. The minimum atomic E-state index is -0.440. The maximum Gasteiger partial charge on any atom is 0.261 e. The molecule has 21 heavy (non-hydrogen) atoms. The van der Waals surface area contributed by atoms with Gasteiger partial charge in [0.2, 0.25) is 0 Å². The van der Waals surface area contributed by atoms with Gasteiger partial charge in [0.25, 0.3) is 5.91 Å². The summed E-state index contributed by atoms with van der Waals surface area (Å²) in [5.41, 5.74) is 2.22. The Morgan fingerprint density at radius 1 is 1.29 bits per heavy atom. The molecule has 2 saturated carbocycles. The van der Waals surface area contributed by atoms with Crippen molar-refractivity contribution in [2.75, 3.05) is 0 Å². The monoisotopic (exact) mass is 287 g/mol. The van der Waals surface area contributed by atoms with Gasteiger partial charge in [0, 0.05) is 6.04 Å². The van der Waals surface area contributed by atoms with Crippen LogP contribution >= 0.6 is 0 Å². The number of ether oxygens (including phenoxy) is 1. The molecule has 0 saturated heterocycles. The zero-order valence-electron chi connectivity index (χ0n) is 13.2. The second-order valence-corrected chi connectivity index (χ2v) is 6.82. The molecule has 2 bridgehead atoms. The predicted molar refractivity (Wildman–Crippen MR) is 83.4 cm³/mol. The molecule has 3 nitrogen and oxygen atoms in total. The van der Waals surface area contributed by atoms with Crippen molar-refractivity contribution in [1.82, 2.24) is 5.32 Å². The van der Waals surface area contributed by atoms with Crippen molar-refractivity contribution in [3.8, 4) is 5.75 Å². The van der Waals surface area contributed by atoms with E-state index in [-0.39, 0.29) is 5.91 Å². The first-order chi connectivity index (χ1) is 10.0. The summed E-state index contributed by atoms with van der Waals surface area (Å²) in [6.45, 7) is 5.88. The third-order valence-corrected chi connectivity index (χ3v) is 5.08. The maximum atomic E-state index is 12.3. The molecule has 1 N–H and O–H groups in total. The molecular weight excluding hydrogens is 262 g/mol. The van der Waals surface area contributed by atoms with Crippen LogP contribution in [0.15, 0.2) is 18.2 Å². The SMILES string of the molecule is Cc1ccc(C)c(O[C@@H](C)C(=O)N[C@H]2C[C@@H]3CC[C@@H]2C3)c1. The number of aryl methyl sites for hydroxylation is 2. The number of carbonyl (C=O) groups is 1. The average Bonchev–Trinajstić information content (AvgIpc) is 3.05. The van der Waals surface area contributed by atoms with Crippen molar-refractivity contribution in [2.24, 2.45) is 11.8 Å². The third kappa shape index (κ3) is 3.07. The van der Waals surface area contributed by atoms with Gasteiger partial charge in [-0.2, -0.15) is 0 Å². The fourth-order valence-corrected chi connectivity index (χ4v) is 3.80. The van der Waals surface area contributed by atoms with E-state index in [4.69, 9.17) is 4.74 Å². The van der Waals surface area contributed by atoms with Crippen LogP contribution in [0.25, 0.3) is 0 Å². The lowest BCUT2D eigenvalue weighted by Crippen LogP contribution is -2.44. The van der Waals surface area contributed by atoms with Crippen LogP contribution in [0.2, 0.25) is 0 Å². The van der Waals surface area contributed by atoms with E-state index in [0.717, 1.165) is 29.2 Å². The first kappa shape index (κ1) is 14.4. The summed E-state index contributed by atoms with van der Waals surface area (Å²) in [5.74, 6) is 2.38. The first-order valence-electron chi connectivity index (χ1n) is 8.07. The summed E-state index contributed by atoms with van der Waals surface area (Å²) in [6, 6.07) is 6.46. The lowest BCUT2D eigenvalue weighted by molar-refractivity contribution is -0.128. The lowest BCUT2D eigenvalue weighted by atomic mass is 9.95. The summed E-state index contributed by atoms with van der Waals surface area (Å²) in [6.07, 6.45) is 4.65. The molecule has 1 aromatic rings. The molecule has 0 aromatic heterocycles. The van der Waals surface area contributed by atoms with E-state index in [1.807, 2.05) is 32.9 Å². The summed E-state index contributed by atoms with van der Waals surface area (Å²) in [5, 5.41) is 3.20. The van der Waals surface area contributed by atoms with Gasteiger partial charge in [0.15, 0.2) is 6.10 Å². The number of carbonyl (C=O) groups excluding carboxylic acids is 1. The van der Waals surface area contributed by atoms with Gasteiger partial charge < -0.3 is 10.1 Å². The maximum absolute atomic E-state index is 12.3. The zero-order chi connectivity index (χ0) is 15.0. The van der Waals surface area contributed by atoms with Crippen LogP contribution in [-0.2, 0) is 4.79 Å². The normalized spacial score (nSPS) is 28.4. The largest absolute Gasteiger partial charge is 0.481 e. The Labute approximate surface area is 127 Å². The highest BCUT2D eigenvalue weighted by Gasteiger charge is 2.40. The van der Waals surface area contributed by atoms with Crippen LogP contribution in [0, 0.1) is 25.7 Å². The van der Waals surface area contributed by atoms with Crippen LogP contribution in [0.5, 0.6) is 5.75 Å². The Balaban J connectivity index is 1.58. The van der Waals surface area contributed by atoms with Crippen molar-refractivity contribution >= 4 is 5.91 Å². The van der Waals surface area contributed by atoms with Crippen LogP contribution in [0.3, 0.4) is 0 Å². The molecule has 2 aliphatic carbocycles. The Bertz CT molecular complexity index is 540. The average molecular weight is 287 g/mol. The second-order valence-electron chi connectivity index (χ2n) is 6.82. The molecule has 3 rings (SSSR count). The van der Waals surface area contributed by atoms with Gasteiger partial charge in [-0.25, -0.2) is 0 Å². The van der Waals surface area contributed by atoms with Gasteiger partial charge in [-0.05, 0) is 69.1 Å². The molecule has 0 spiro atoms. The molecular formula is C18H25NO2.